The lowest BCUT2D eigenvalue weighted by Gasteiger charge is -2.32. The van der Waals surface area contributed by atoms with E-state index in [9.17, 15) is 0 Å². The molecule has 1 aliphatic rings. The van der Waals surface area contributed by atoms with E-state index >= 15 is 0 Å². The zero-order chi connectivity index (χ0) is 37.0. The van der Waals surface area contributed by atoms with Crippen LogP contribution in [-0.2, 0) is 20.1 Å². The van der Waals surface area contributed by atoms with Gasteiger partial charge in [0.2, 0.25) is 0 Å². The van der Waals surface area contributed by atoms with Crippen molar-refractivity contribution in [1.29, 1.82) is 0 Å². The van der Waals surface area contributed by atoms with Crippen molar-refractivity contribution in [3.8, 4) is 22.3 Å². The summed E-state index contributed by atoms with van der Waals surface area (Å²) >= 11 is 0. The van der Waals surface area contributed by atoms with E-state index in [-0.39, 0.29) is 10.8 Å². The Kier molecular flexibility index (Phi) is 8.21. The van der Waals surface area contributed by atoms with Crippen LogP contribution in [0.15, 0.2) is 78.9 Å². The van der Waals surface area contributed by atoms with Gasteiger partial charge in [0.15, 0.2) is 0 Å². The minimum atomic E-state index is -0.443. The van der Waals surface area contributed by atoms with Crippen LogP contribution in [0.1, 0.15) is 103 Å². The summed E-state index contributed by atoms with van der Waals surface area (Å²) in [6.45, 7) is 31.4. The van der Waals surface area contributed by atoms with Gasteiger partial charge in [-0.1, -0.05) is 108 Å². The molecule has 7 rings (SSSR count). The molecule has 0 aromatic heterocycles. The van der Waals surface area contributed by atoms with Gasteiger partial charge in [0.05, 0.1) is 11.2 Å². The first kappa shape index (κ1) is 35.5. The van der Waals surface area contributed by atoms with E-state index in [2.05, 4.69) is 176 Å². The number of rotatable bonds is 3. The highest BCUT2D eigenvalue weighted by molar-refractivity contribution is 6.62. The van der Waals surface area contributed by atoms with E-state index < -0.39 is 18.3 Å². The molecule has 0 atom stereocenters. The Balaban J connectivity index is 1.59. The van der Waals surface area contributed by atoms with Crippen LogP contribution in [-0.4, -0.2) is 18.3 Å². The van der Waals surface area contributed by atoms with Gasteiger partial charge in [-0.05, 0) is 172 Å². The van der Waals surface area contributed by atoms with Crippen LogP contribution in [0, 0.1) is 27.7 Å². The Bertz CT molecular complexity index is 2320. The zero-order valence-corrected chi connectivity index (χ0v) is 33.4. The maximum absolute atomic E-state index is 6.62. The normalized spacial score (nSPS) is 16.2. The highest BCUT2D eigenvalue weighted by Crippen LogP contribution is 2.45. The van der Waals surface area contributed by atoms with Gasteiger partial charge in [-0.25, -0.2) is 0 Å². The van der Waals surface area contributed by atoms with Crippen molar-refractivity contribution in [2.75, 3.05) is 0 Å². The molecule has 262 valence electrons. The van der Waals surface area contributed by atoms with Crippen molar-refractivity contribution < 1.29 is 9.31 Å². The summed E-state index contributed by atoms with van der Waals surface area (Å²) in [6.07, 6.45) is 0. The van der Waals surface area contributed by atoms with Crippen LogP contribution in [0.5, 0.6) is 0 Å². The molecular weight excluding hydrogens is 619 g/mol. The maximum atomic E-state index is 6.62. The second-order valence-corrected chi connectivity index (χ2v) is 18.4. The first-order chi connectivity index (χ1) is 23.7. The number of fused-ring (bicyclic) bond motifs is 5. The number of hydrogen-bond donors (Lipinski definition) is 0. The van der Waals surface area contributed by atoms with Gasteiger partial charge in [0.1, 0.15) is 0 Å². The minimum Gasteiger partial charge on any atom is -0.399 e. The third-order valence-electron chi connectivity index (χ3n) is 11.9. The lowest BCUT2D eigenvalue weighted by atomic mass is 9.76. The van der Waals surface area contributed by atoms with Gasteiger partial charge in [-0.15, -0.1) is 0 Å². The first-order valence-electron chi connectivity index (χ1n) is 18.7. The molecule has 51 heavy (non-hydrogen) atoms. The molecule has 1 saturated heterocycles. The third-order valence-corrected chi connectivity index (χ3v) is 11.9. The fourth-order valence-electron chi connectivity index (χ4n) is 8.20. The van der Waals surface area contributed by atoms with Crippen molar-refractivity contribution in [3.63, 3.8) is 0 Å². The van der Waals surface area contributed by atoms with E-state index in [1.54, 1.807) is 0 Å². The molecule has 1 heterocycles. The fraction of sp³-hybridized carbons (Fsp3) is 0.375. The maximum Gasteiger partial charge on any atom is 0.494 e. The number of benzene rings is 6. The second-order valence-electron chi connectivity index (χ2n) is 18.4. The highest BCUT2D eigenvalue weighted by Gasteiger charge is 2.51. The molecule has 1 fully saturated rings. The van der Waals surface area contributed by atoms with Crippen molar-refractivity contribution in [2.24, 2.45) is 0 Å². The van der Waals surface area contributed by atoms with Gasteiger partial charge < -0.3 is 9.31 Å². The highest BCUT2D eigenvalue weighted by atomic mass is 16.7. The standard InChI is InChI=1S/C48H55BO2/c1-28-21-32(45(5,6)7)22-29(2)43(28)41-27-40-38-25-34(49-50-47(11,12)48(13,14)51-49)19-20-37(38)42(26-39(40)35-17-15-16-18-36(35)41)44-30(3)23-33(24-31(44)4)46(8,9)10/h15-27H,1-14H3. The minimum absolute atomic E-state index is 0.0746. The third kappa shape index (κ3) is 5.91. The van der Waals surface area contributed by atoms with Crippen molar-refractivity contribution >= 4 is 44.9 Å². The Labute approximate surface area is 306 Å². The second kappa shape index (κ2) is 11.8. The Morgan fingerprint density at radius 1 is 0.451 bits per heavy atom. The van der Waals surface area contributed by atoms with Crippen LogP contribution in [0.25, 0.3) is 54.6 Å². The molecule has 2 nitrogen and oxygen atoms in total. The molecule has 0 amide bonds. The topological polar surface area (TPSA) is 18.5 Å². The van der Waals surface area contributed by atoms with E-state index in [1.165, 1.54) is 88.0 Å². The molecule has 3 heteroatoms. The Morgan fingerprint density at radius 3 is 1.25 bits per heavy atom. The van der Waals surface area contributed by atoms with Crippen molar-refractivity contribution in [2.45, 2.75) is 119 Å². The summed E-state index contributed by atoms with van der Waals surface area (Å²) in [4.78, 5) is 0. The first-order valence-corrected chi connectivity index (χ1v) is 18.7. The van der Waals surface area contributed by atoms with Crippen molar-refractivity contribution in [3.05, 3.63) is 112 Å². The predicted molar refractivity (Wildman–Crippen MR) is 222 cm³/mol. The molecule has 6 aromatic carbocycles. The van der Waals surface area contributed by atoms with Crippen LogP contribution in [0.4, 0.5) is 0 Å². The summed E-state index contributed by atoms with van der Waals surface area (Å²) in [5.74, 6) is 0. The monoisotopic (exact) mass is 674 g/mol. The average Bonchev–Trinajstić information content (AvgIpc) is 3.25. The molecule has 0 unspecified atom stereocenters. The summed E-state index contributed by atoms with van der Waals surface area (Å²) < 4.78 is 13.2. The summed E-state index contributed by atoms with van der Waals surface area (Å²) in [5, 5.41) is 7.54. The number of aryl methyl sites for hydroxylation is 4. The van der Waals surface area contributed by atoms with Crippen LogP contribution in [0.3, 0.4) is 0 Å². The number of hydrogen-bond acceptors (Lipinski definition) is 2. The predicted octanol–water partition coefficient (Wildman–Crippen LogP) is 12.6. The SMILES string of the molecule is Cc1cc(C(C)(C)C)cc(C)c1-c1cc2c3cc(B4OC(C)(C)C(C)(C)O4)ccc3c(-c3c(C)cc(C(C)(C)C)cc3C)cc2c2ccccc12. The molecular formula is C48H55BO2. The average molecular weight is 675 g/mol. The lowest BCUT2D eigenvalue weighted by molar-refractivity contribution is 0.00578. The molecule has 0 saturated carbocycles. The summed E-state index contributed by atoms with van der Waals surface area (Å²) in [7, 11) is -0.443. The van der Waals surface area contributed by atoms with Gasteiger partial charge in [0.25, 0.3) is 0 Å². The van der Waals surface area contributed by atoms with Gasteiger partial charge in [-0.2, -0.15) is 0 Å². The van der Waals surface area contributed by atoms with Crippen LogP contribution in [0.2, 0.25) is 0 Å². The van der Waals surface area contributed by atoms with Gasteiger partial charge >= 0.3 is 7.12 Å². The summed E-state index contributed by atoms with van der Waals surface area (Å²) in [5.41, 5.74) is 13.5. The Morgan fingerprint density at radius 2 is 0.824 bits per heavy atom. The molecule has 0 spiro atoms. The van der Waals surface area contributed by atoms with E-state index in [4.69, 9.17) is 9.31 Å². The lowest BCUT2D eigenvalue weighted by Crippen LogP contribution is -2.41. The largest absolute Gasteiger partial charge is 0.494 e. The van der Waals surface area contributed by atoms with Crippen molar-refractivity contribution in [1.82, 2.24) is 0 Å². The molecule has 0 bridgehead atoms. The van der Waals surface area contributed by atoms with Crippen LogP contribution < -0.4 is 5.46 Å². The smallest absolute Gasteiger partial charge is 0.399 e. The van der Waals surface area contributed by atoms with Crippen LogP contribution >= 0.6 is 0 Å². The quantitative estimate of drug-likeness (QED) is 0.137. The molecule has 0 N–H and O–H groups in total. The molecule has 0 radical (unpaired) electrons. The van der Waals surface area contributed by atoms with E-state index in [1.807, 2.05) is 0 Å². The summed E-state index contributed by atoms with van der Waals surface area (Å²) in [6, 6.07) is 30.4. The van der Waals surface area contributed by atoms with Gasteiger partial charge in [-0.3, -0.25) is 0 Å². The molecule has 1 aliphatic heterocycles. The Hall–Kier alpha value is -3.92. The molecule has 0 aliphatic carbocycles. The fourth-order valence-corrected chi connectivity index (χ4v) is 8.20. The van der Waals surface area contributed by atoms with E-state index in [0.29, 0.717) is 0 Å². The van der Waals surface area contributed by atoms with Gasteiger partial charge in [0, 0.05) is 0 Å². The zero-order valence-electron chi connectivity index (χ0n) is 33.4. The van der Waals surface area contributed by atoms with E-state index in [0.717, 1.165) is 5.46 Å². The molecule has 6 aromatic rings.